The molecule has 0 aliphatic carbocycles. The molecule has 1 aromatic carbocycles. The van der Waals surface area contributed by atoms with Gasteiger partial charge in [-0.15, -0.1) is 10.2 Å². The van der Waals surface area contributed by atoms with Crippen molar-refractivity contribution in [2.75, 3.05) is 0 Å². The van der Waals surface area contributed by atoms with E-state index in [-0.39, 0.29) is 34.3 Å². The van der Waals surface area contributed by atoms with Gasteiger partial charge in [-0.3, -0.25) is 9.97 Å². The van der Waals surface area contributed by atoms with Crippen molar-refractivity contribution in [3.63, 3.8) is 0 Å². The second kappa shape index (κ2) is 8.83. The normalized spacial score (nSPS) is 16.8. The molecule has 0 unspecified atom stereocenters. The summed E-state index contributed by atoms with van der Waals surface area (Å²) < 4.78 is 72.2. The van der Waals surface area contributed by atoms with Crippen LogP contribution < -0.4 is 0 Å². The van der Waals surface area contributed by atoms with Gasteiger partial charge in [0.2, 0.25) is 15.9 Å². The number of halogens is 3. The zero-order valence-electron chi connectivity index (χ0n) is 17.7. The van der Waals surface area contributed by atoms with Crippen LogP contribution in [0, 0.1) is 5.82 Å². The highest BCUT2D eigenvalue weighted by Crippen LogP contribution is 2.43. The summed E-state index contributed by atoms with van der Waals surface area (Å²) in [5.41, 5.74) is 0.853. The zero-order chi connectivity index (χ0) is 24.7. The predicted molar refractivity (Wildman–Crippen MR) is 114 cm³/mol. The smallest absolute Gasteiger partial charge is 0.314 e. The van der Waals surface area contributed by atoms with E-state index in [0.29, 0.717) is 5.56 Å². The average Bonchev–Trinajstić information content (AvgIpc) is 3.44. The molecule has 0 saturated heterocycles. The lowest BCUT2D eigenvalue weighted by molar-refractivity contribution is 0.0826. The number of sulfonamides is 1. The van der Waals surface area contributed by atoms with Gasteiger partial charge in [-0.2, -0.15) is 13.1 Å². The Labute approximate surface area is 197 Å². The average molecular weight is 503 g/mol. The minimum Gasteiger partial charge on any atom is -0.415 e. The predicted octanol–water partition coefficient (Wildman–Crippen LogP) is 3.58. The van der Waals surface area contributed by atoms with Crippen molar-refractivity contribution in [2.24, 2.45) is 0 Å². The third-order valence-electron chi connectivity index (χ3n) is 5.51. The zero-order valence-corrected chi connectivity index (χ0v) is 18.5. The van der Waals surface area contributed by atoms with Gasteiger partial charge in [-0.05, 0) is 42.0 Å². The van der Waals surface area contributed by atoms with Crippen molar-refractivity contribution in [1.82, 2.24) is 24.5 Å². The van der Waals surface area contributed by atoms with E-state index in [2.05, 4.69) is 20.2 Å². The Balaban J connectivity index is 1.56. The topological polar surface area (TPSA) is 122 Å². The summed E-state index contributed by atoms with van der Waals surface area (Å²) in [4.78, 5) is 8.02. The third-order valence-corrected chi connectivity index (χ3v) is 7.42. The minimum atomic E-state index is -4.20. The van der Waals surface area contributed by atoms with Crippen LogP contribution in [-0.2, 0) is 16.6 Å². The highest BCUT2D eigenvalue weighted by atomic mass is 32.2. The Morgan fingerprint density at radius 1 is 1.03 bits per heavy atom. The molecule has 1 N–H and O–H groups in total. The number of fused-ring (bicyclic) bond motifs is 1. The van der Waals surface area contributed by atoms with Gasteiger partial charge < -0.3 is 9.52 Å². The Hall–Kier alpha value is -3.68. The van der Waals surface area contributed by atoms with Crippen LogP contribution in [0.4, 0.5) is 13.2 Å². The van der Waals surface area contributed by atoms with E-state index >= 15 is 0 Å². The molecule has 0 spiro atoms. The standard InChI is InChI=1S/C22H16F3N5O4S/c23-14-6-7-16(27-10-14)19(31)18(15-3-1-2-8-26-15)30-11-13-5-4-12(9-17(13)35(30,32)33)21-28-29-22(34-21)20(24)25/h1-10,18-20,31H,11H2/t18-,19-/m1/s1. The third kappa shape index (κ3) is 4.17. The Kier molecular flexibility index (Phi) is 5.83. The number of aliphatic hydroxyl groups excluding tert-OH is 1. The number of hydrogen-bond donors (Lipinski definition) is 1. The SMILES string of the molecule is O=S1(=O)c2cc(-c3nnc(C(F)F)o3)ccc2CN1[C@H](c1ccccn1)[C@H](O)c1ccc(F)cn1. The summed E-state index contributed by atoms with van der Waals surface area (Å²) in [6, 6.07) is 10.3. The summed E-state index contributed by atoms with van der Waals surface area (Å²) in [6.07, 6.45) is -2.06. The molecule has 0 amide bonds. The first-order chi connectivity index (χ1) is 16.8. The molecule has 3 aromatic heterocycles. The maximum atomic E-state index is 13.6. The summed E-state index contributed by atoms with van der Waals surface area (Å²) in [7, 11) is -4.20. The van der Waals surface area contributed by atoms with Gasteiger partial charge >= 0.3 is 6.43 Å². The highest BCUT2D eigenvalue weighted by molar-refractivity contribution is 7.89. The van der Waals surface area contributed by atoms with Crippen LogP contribution in [0.1, 0.15) is 41.4 Å². The fourth-order valence-corrected chi connectivity index (χ4v) is 5.69. The molecular formula is C22H16F3N5O4S. The molecule has 180 valence electrons. The van der Waals surface area contributed by atoms with Crippen LogP contribution in [0.3, 0.4) is 0 Å². The highest BCUT2D eigenvalue weighted by Gasteiger charge is 2.44. The molecule has 5 rings (SSSR count). The van der Waals surface area contributed by atoms with Crippen LogP contribution in [0.2, 0.25) is 0 Å². The van der Waals surface area contributed by atoms with Gasteiger partial charge in [0.25, 0.3) is 5.89 Å². The molecule has 1 aliphatic rings. The molecular weight excluding hydrogens is 487 g/mol. The lowest BCUT2D eigenvalue weighted by Crippen LogP contribution is -2.34. The molecule has 0 bridgehead atoms. The maximum Gasteiger partial charge on any atom is 0.314 e. The number of pyridine rings is 2. The van der Waals surface area contributed by atoms with Crippen LogP contribution >= 0.6 is 0 Å². The van der Waals surface area contributed by atoms with Crippen molar-refractivity contribution in [2.45, 2.75) is 30.0 Å². The van der Waals surface area contributed by atoms with Crippen molar-refractivity contribution in [1.29, 1.82) is 0 Å². The number of hydrogen-bond acceptors (Lipinski definition) is 8. The fraction of sp³-hybridized carbons (Fsp3) is 0.182. The molecule has 0 fully saturated rings. The van der Waals surface area contributed by atoms with Crippen molar-refractivity contribution >= 4 is 10.0 Å². The van der Waals surface area contributed by atoms with E-state index in [1.54, 1.807) is 18.2 Å². The number of rotatable bonds is 6. The molecule has 13 heteroatoms. The van der Waals surface area contributed by atoms with Crippen molar-refractivity contribution in [3.8, 4) is 11.5 Å². The summed E-state index contributed by atoms with van der Waals surface area (Å²) >= 11 is 0. The summed E-state index contributed by atoms with van der Waals surface area (Å²) in [6.45, 7) is -0.108. The van der Waals surface area contributed by atoms with Crippen LogP contribution in [-0.4, -0.2) is 38.0 Å². The van der Waals surface area contributed by atoms with E-state index in [4.69, 9.17) is 4.42 Å². The van der Waals surface area contributed by atoms with Gasteiger partial charge in [-0.1, -0.05) is 12.1 Å². The monoisotopic (exact) mass is 503 g/mol. The second-order valence-corrected chi connectivity index (χ2v) is 9.52. The van der Waals surface area contributed by atoms with Crippen LogP contribution in [0.15, 0.2) is 70.2 Å². The van der Waals surface area contributed by atoms with Gasteiger partial charge in [-0.25, -0.2) is 12.8 Å². The minimum absolute atomic E-state index is 0.0549. The number of alkyl halides is 2. The van der Waals surface area contributed by atoms with Gasteiger partial charge in [0.05, 0.1) is 28.5 Å². The lowest BCUT2D eigenvalue weighted by atomic mass is 10.0. The maximum absolute atomic E-state index is 13.6. The number of benzene rings is 1. The molecule has 1 aliphatic heterocycles. The van der Waals surface area contributed by atoms with E-state index in [0.717, 1.165) is 16.6 Å². The number of aliphatic hydroxyl groups is 1. The van der Waals surface area contributed by atoms with Crippen LogP contribution in [0.25, 0.3) is 11.5 Å². The Morgan fingerprint density at radius 3 is 2.51 bits per heavy atom. The van der Waals surface area contributed by atoms with E-state index < -0.39 is 40.3 Å². The molecule has 4 heterocycles. The Morgan fingerprint density at radius 2 is 1.86 bits per heavy atom. The summed E-state index contributed by atoms with van der Waals surface area (Å²) in [5.74, 6) is -1.75. The second-order valence-electron chi connectivity index (χ2n) is 7.66. The fourth-order valence-electron chi connectivity index (χ4n) is 3.87. The van der Waals surface area contributed by atoms with Gasteiger partial charge in [0.15, 0.2) is 0 Å². The molecule has 0 saturated carbocycles. The molecule has 9 nitrogen and oxygen atoms in total. The first-order valence-corrected chi connectivity index (χ1v) is 11.7. The number of nitrogens with zero attached hydrogens (tertiary/aromatic N) is 5. The van der Waals surface area contributed by atoms with Crippen molar-refractivity contribution < 1.29 is 31.1 Å². The first-order valence-electron chi connectivity index (χ1n) is 10.2. The molecule has 0 radical (unpaired) electrons. The molecule has 4 aromatic rings. The summed E-state index contributed by atoms with van der Waals surface area (Å²) in [5, 5.41) is 18.0. The first kappa shape index (κ1) is 23.1. The molecule has 35 heavy (non-hydrogen) atoms. The Bertz CT molecular complexity index is 1470. The largest absolute Gasteiger partial charge is 0.415 e. The van der Waals surface area contributed by atoms with E-state index in [1.165, 1.54) is 30.5 Å². The lowest BCUT2D eigenvalue weighted by Gasteiger charge is -2.29. The van der Waals surface area contributed by atoms with Gasteiger partial charge in [0, 0.05) is 18.3 Å². The van der Waals surface area contributed by atoms with E-state index in [1.807, 2.05) is 0 Å². The van der Waals surface area contributed by atoms with E-state index in [9.17, 15) is 26.7 Å². The van der Waals surface area contributed by atoms with Crippen molar-refractivity contribution in [3.05, 3.63) is 89.6 Å². The number of aromatic nitrogens is 4. The quantitative estimate of drug-likeness (QED) is 0.424. The van der Waals surface area contributed by atoms with Gasteiger partial charge in [0.1, 0.15) is 11.9 Å². The van der Waals surface area contributed by atoms with Crippen LogP contribution in [0.5, 0.6) is 0 Å². The molecule has 2 atom stereocenters.